The molecule has 1 aliphatic heterocycles. The number of carbonyl (C=O) groups excluding carboxylic acids is 2. The molecule has 1 fully saturated rings. The SMILES string of the molecule is CCc1ccccc1N1C[C@H](C(=O)NCc2nnc3ccc(C(F)(F)F)cn23)CC1=O. The summed E-state index contributed by atoms with van der Waals surface area (Å²) in [6.07, 6.45) is -2.76. The van der Waals surface area contributed by atoms with Gasteiger partial charge in [-0.3, -0.25) is 14.0 Å². The second kappa shape index (κ2) is 8.01. The van der Waals surface area contributed by atoms with E-state index in [9.17, 15) is 22.8 Å². The van der Waals surface area contributed by atoms with Gasteiger partial charge in [-0.25, -0.2) is 0 Å². The Morgan fingerprint density at radius 2 is 1.97 bits per heavy atom. The van der Waals surface area contributed by atoms with Crippen molar-refractivity contribution in [2.24, 2.45) is 5.92 Å². The summed E-state index contributed by atoms with van der Waals surface area (Å²) in [7, 11) is 0. The molecule has 2 amide bonds. The van der Waals surface area contributed by atoms with Gasteiger partial charge in [-0.15, -0.1) is 10.2 Å². The first-order chi connectivity index (χ1) is 14.8. The maximum absolute atomic E-state index is 13.0. The lowest BCUT2D eigenvalue weighted by Gasteiger charge is -2.19. The Labute approximate surface area is 175 Å². The van der Waals surface area contributed by atoms with E-state index in [0.717, 1.165) is 29.9 Å². The quantitative estimate of drug-likeness (QED) is 0.674. The van der Waals surface area contributed by atoms with Crippen LogP contribution in [0.4, 0.5) is 18.9 Å². The first-order valence-corrected chi connectivity index (χ1v) is 9.84. The number of rotatable bonds is 5. The van der Waals surface area contributed by atoms with E-state index < -0.39 is 17.7 Å². The molecule has 0 spiro atoms. The summed E-state index contributed by atoms with van der Waals surface area (Å²) < 4.78 is 40.1. The van der Waals surface area contributed by atoms with E-state index in [0.29, 0.717) is 0 Å². The minimum absolute atomic E-state index is 0.0721. The van der Waals surface area contributed by atoms with Gasteiger partial charge in [-0.2, -0.15) is 13.2 Å². The van der Waals surface area contributed by atoms with Crippen molar-refractivity contribution in [3.8, 4) is 0 Å². The van der Waals surface area contributed by atoms with Crippen molar-refractivity contribution < 1.29 is 22.8 Å². The summed E-state index contributed by atoms with van der Waals surface area (Å²) in [6.45, 7) is 2.15. The van der Waals surface area contributed by atoms with Gasteiger partial charge >= 0.3 is 6.18 Å². The van der Waals surface area contributed by atoms with Crippen LogP contribution in [0.25, 0.3) is 5.65 Å². The standard InChI is InChI=1S/C21H20F3N5O2/c1-2-13-5-3-4-6-16(13)28-11-14(9-19(28)30)20(31)25-10-18-27-26-17-8-7-15(12-29(17)18)21(22,23)24/h3-8,12,14H,2,9-11H2,1H3,(H,25,31)/t14-/m1/s1. The summed E-state index contributed by atoms with van der Waals surface area (Å²) in [6, 6.07) is 9.71. The van der Waals surface area contributed by atoms with E-state index in [4.69, 9.17) is 0 Å². The van der Waals surface area contributed by atoms with Crippen molar-refractivity contribution in [3.05, 3.63) is 59.5 Å². The Balaban J connectivity index is 1.45. The number of benzene rings is 1. The van der Waals surface area contributed by atoms with Crippen molar-refractivity contribution in [2.75, 3.05) is 11.4 Å². The van der Waals surface area contributed by atoms with Gasteiger partial charge in [0.1, 0.15) is 0 Å². The van der Waals surface area contributed by atoms with E-state index in [1.165, 1.54) is 10.5 Å². The number of pyridine rings is 1. The Morgan fingerprint density at radius 1 is 1.19 bits per heavy atom. The highest BCUT2D eigenvalue weighted by atomic mass is 19.4. The third-order valence-electron chi connectivity index (χ3n) is 5.38. The van der Waals surface area contributed by atoms with Gasteiger partial charge in [-0.05, 0) is 30.2 Å². The first-order valence-electron chi connectivity index (χ1n) is 9.84. The summed E-state index contributed by atoms with van der Waals surface area (Å²) in [4.78, 5) is 26.8. The predicted molar refractivity (Wildman–Crippen MR) is 106 cm³/mol. The lowest BCUT2D eigenvalue weighted by atomic mass is 10.1. The molecule has 0 saturated carbocycles. The molecule has 1 atom stereocenters. The molecule has 0 aliphatic carbocycles. The van der Waals surface area contributed by atoms with E-state index in [1.54, 1.807) is 4.90 Å². The molecule has 2 aromatic heterocycles. The molecule has 4 rings (SSSR count). The smallest absolute Gasteiger partial charge is 0.348 e. The van der Waals surface area contributed by atoms with Crippen molar-refractivity contribution in [1.29, 1.82) is 0 Å². The van der Waals surface area contributed by atoms with Crippen LogP contribution in [0.1, 0.15) is 30.3 Å². The number of anilines is 1. The van der Waals surface area contributed by atoms with Crippen LogP contribution in [-0.4, -0.2) is 33.0 Å². The van der Waals surface area contributed by atoms with Crippen molar-refractivity contribution >= 4 is 23.1 Å². The Hall–Kier alpha value is -3.43. The average Bonchev–Trinajstić information content (AvgIpc) is 3.34. The molecule has 0 bridgehead atoms. The zero-order valence-electron chi connectivity index (χ0n) is 16.7. The van der Waals surface area contributed by atoms with Gasteiger partial charge in [0.15, 0.2) is 11.5 Å². The topological polar surface area (TPSA) is 79.6 Å². The number of para-hydroxylation sites is 1. The number of hydrogen-bond acceptors (Lipinski definition) is 4. The van der Waals surface area contributed by atoms with Gasteiger partial charge in [0.05, 0.1) is 18.0 Å². The molecule has 0 unspecified atom stereocenters. The summed E-state index contributed by atoms with van der Waals surface area (Å²) in [5, 5.41) is 10.4. The fourth-order valence-electron chi connectivity index (χ4n) is 3.73. The van der Waals surface area contributed by atoms with Crippen LogP contribution >= 0.6 is 0 Å². The Kier molecular flexibility index (Phi) is 5.38. The number of nitrogens with zero attached hydrogens (tertiary/aromatic N) is 4. The van der Waals surface area contributed by atoms with E-state index >= 15 is 0 Å². The Bertz CT molecular complexity index is 1140. The lowest BCUT2D eigenvalue weighted by molar-refractivity contribution is -0.138. The largest absolute Gasteiger partial charge is 0.417 e. The van der Waals surface area contributed by atoms with Gasteiger partial charge in [0.25, 0.3) is 0 Å². The third kappa shape index (κ3) is 4.10. The molecule has 31 heavy (non-hydrogen) atoms. The van der Waals surface area contributed by atoms with Crippen LogP contribution in [0.15, 0.2) is 42.6 Å². The zero-order valence-corrected chi connectivity index (χ0v) is 16.7. The Morgan fingerprint density at radius 3 is 2.71 bits per heavy atom. The minimum Gasteiger partial charge on any atom is -0.348 e. The molecular formula is C21H20F3N5O2. The van der Waals surface area contributed by atoms with Crippen LogP contribution < -0.4 is 10.2 Å². The predicted octanol–water partition coefficient (Wildman–Crippen LogP) is 2.98. The number of alkyl halides is 3. The first kappa shape index (κ1) is 20.8. The fourth-order valence-corrected chi connectivity index (χ4v) is 3.73. The third-order valence-corrected chi connectivity index (χ3v) is 5.38. The molecule has 1 aliphatic rings. The van der Waals surface area contributed by atoms with Gasteiger partial charge in [0, 0.05) is 24.8 Å². The van der Waals surface area contributed by atoms with Crippen LogP contribution in [0.5, 0.6) is 0 Å². The maximum Gasteiger partial charge on any atom is 0.417 e. The van der Waals surface area contributed by atoms with Gasteiger partial charge in [0.2, 0.25) is 11.8 Å². The zero-order chi connectivity index (χ0) is 22.2. The molecular weight excluding hydrogens is 411 g/mol. The molecule has 3 aromatic rings. The molecule has 10 heteroatoms. The van der Waals surface area contributed by atoms with E-state index in [1.807, 2.05) is 31.2 Å². The number of nitrogens with one attached hydrogen (secondary N) is 1. The van der Waals surface area contributed by atoms with Gasteiger partial charge in [-0.1, -0.05) is 25.1 Å². The number of amides is 2. The number of aromatic nitrogens is 3. The normalized spacial score (nSPS) is 16.8. The van der Waals surface area contributed by atoms with Crippen LogP contribution in [0, 0.1) is 5.92 Å². The minimum atomic E-state index is -4.50. The van der Waals surface area contributed by atoms with Crippen molar-refractivity contribution in [3.63, 3.8) is 0 Å². The average molecular weight is 431 g/mol. The van der Waals surface area contributed by atoms with Crippen LogP contribution in [-0.2, 0) is 28.7 Å². The van der Waals surface area contributed by atoms with Crippen LogP contribution in [0.3, 0.4) is 0 Å². The number of aryl methyl sites for hydroxylation is 1. The molecule has 1 saturated heterocycles. The number of fused-ring (bicyclic) bond motifs is 1. The monoisotopic (exact) mass is 431 g/mol. The van der Waals surface area contributed by atoms with E-state index in [2.05, 4.69) is 15.5 Å². The highest BCUT2D eigenvalue weighted by Crippen LogP contribution is 2.30. The van der Waals surface area contributed by atoms with Crippen molar-refractivity contribution in [1.82, 2.24) is 19.9 Å². The summed E-state index contributed by atoms with van der Waals surface area (Å²) in [5.74, 6) is -0.869. The van der Waals surface area contributed by atoms with Gasteiger partial charge < -0.3 is 10.2 Å². The summed E-state index contributed by atoms with van der Waals surface area (Å²) >= 11 is 0. The summed E-state index contributed by atoms with van der Waals surface area (Å²) in [5.41, 5.74) is 1.23. The number of hydrogen-bond donors (Lipinski definition) is 1. The van der Waals surface area contributed by atoms with E-state index in [-0.39, 0.29) is 42.8 Å². The highest BCUT2D eigenvalue weighted by Gasteiger charge is 2.36. The second-order valence-corrected chi connectivity index (χ2v) is 7.37. The molecule has 1 N–H and O–H groups in total. The lowest BCUT2D eigenvalue weighted by Crippen LogP contribution is -2.33. The van der Waals surface area contributed by atoms with Crippen LogP contribution in [0.2, 0.25) is 0 Å². The maximum atomic E-state index is 13.0. The molecule has 7 nitrogen and oxygen atoms in total. The second-order valence-electron chi connectivity index (χ2n) is 7.37. The molecule has 1 aromatic carbocycles. The highest BCUT2D eigenvalue weighted by molar-refractivity contribution is 6.00. The molecule has 162 valence electrons. The number of halogens is 3. The number of carbonyl (C=O) groups is 2. The van der Waals surface area contributed by atoms with Crippen molar-refractivity contribution in [2.45, 2.75) is 32.5 Å². The molecule has 3 heterocycles. The fraction of sp³-hybridized carbons (Fsp3) is 0.333. The molecule has 0 radical (unpaired) electrons.